The van der Waals surface area contributed by atoms with E-state index in [9.17, 15) is 8.78 Å². The molecule has 0 aromatic heterocycles. The molecule has 16 heavy (non-hydrogen) atoms. The van der Waals surface area contributed by atoms with Crippen LogP contribution in [0.1, 0.15) is 19.4 Å². The Morgan fingerprint density at radius 2 is 1.75 bits per heavy atom. The van der Waals surface area contributed by atoms with Crippen molar-refractivity contribution in [3.63, 3.8) is 0 Å². The third kappa shape index (κ3) is 2.47. The fourth-order valence-electron chi connectivity index (χ4n) is 1.30. The Bertz CT molecular complexity index is 395. The van der Waals surface area contributed by atoms with Gasteiger partial charge in [-0.2, -0.15) is 0 Å². The Kier molecular flexibility index (Phi) is 3.80. The SMILES string of the molecule is CC(C)N(C)c1c(F)cc(C(N)=S)cc1F. The molecular weight excluding hydrogens is 230 g/mol. The number of benzene rings is 1. The first-order chi connectivity index (χ1) is 7.34. The van der Waals surface area contributed by atoms with E-state index in [1.165, 1.54) is 4.90 Å². The summed E-state index contributed by atoms with van der Waals surface area (Å²) in [5.41, 5.74) is 5.46. The van der Waals surface area contributed by atoms with Crippen LogP contribution in [0.15, 0.2) is 12.1 Å². The Labute approximate surface area is 99.0 Å². The van der Waals surface area contributed by atoms with Crippen molar-refractivity contribution in [2.75, 3.05) is 11.9 Å². The summed E-state index contributed by atoms with van der Waals surface area (Å²) in [6, 6.07) is 2.30. The lowest BCUT2D eigenvalue weighted by Crippen LogP contribution is -2.28. The number of thiocarbonyl (C=S) groups is 1. The Hall–Kier alpha value is -1.23. The minimum atomic E-state index is -0.654. The molecule has 0 aliphatic rings. The molecule has 5 heteroatoms. The van der Waals surface area contributed by atoms with Crippen LogP contribution in [-0.2, 0) is 0 Å². The molecule has 2 nitrogen and oxygen atoms in total. The average Bonchev–Trinajstić information content (AvgIpc) is 2.15. The molecule has 2 N–H and O–H groups in total. The number of nitrogens with two attached hydrogens (primary N) is 1. The van der Waals surface area contributed by atoms with Gasteiger partial charge in [0, 0.05) is 18.7 Å². The lowest BCUT2D eigenvalue weighted by molar-refractivity contribution is 0.567. The van der Waals surface area contributed by atoms with E-state index in [4.69, 9.17) is 5.73 Å². The summed E-state index contributed by atoms with van der Waals surface area (Å²) < 4.78 is 27.4. The van der Waals surface area contributed by atoms with Gasteiger partial charge in [0.25, 0.3) is 0 Å². The molecule has 0 atom stereocenters. The third-order valence-corrected chi connectivity index (χ3v) is 2.66. The molecule has 88 valence electrons. The number of hydrogen-bond acceptors (Lipinski definition) is 2. The maximum atomic E-state index is 13.7. The summed E-state index contributed by atoms with van der Waals surface area (Å²) >= 11 is 4.67. The van der Waals surface area contributed by atoms with Crippen molar-refractivity contribution in [2.45, 2.75) is 19.9 Å². The standard InChI is InChI=1S/C11H14F2N2S/c1-6(2)15(3)10-8(12)4-7(11(14)16)5-9(10)13/h4-6H,1-3H3,(H2,14,16). The van der Waals surface area contributed by atoms with E-state index in [-0.39, 0.29) is 22.3 Å². The van der Waals surface area contributed by atoms with Gasteiger partial charge in [0.05, 0.1) is 0 Å². The first-order valence-corrected chi connectivity index (χ1v) is 5.27. The molecule has 0 heterocycles. The van der Waals surface area contributed by atoms with Gasteiger partial charge in [-0.25, -0.2) is 8.78 Å². The third-order valence-electron chi connectivity index (χ3n) is 2.43. The van der Waals surface area contributed by atoms with Gasteiger partial charge >= 0.3 is 0 Å². The van der Waals surface area contributed by atoms with E-state index in [0.29, 0.717) is 0 Å². The largest absolute Gasteiger partial charge is 0.389 e. The van der Waals surface area contributed by atoms with Crippen molar-refractivity contribution >= 4 is 22.9 Å². The van der Waals surface area contributed by atoms with Crippen molar-refractivity contribution < 1.29 is 8.78 Å². The summed E-state index contributed by atoms with van der Waals surface area (Å²) in [5.74, 6) is -1.31. The summed E-state index contributed by atoms with van der Waals surface area (Å²) in [6.45, 7) is 3.70. The molecule has 0 saturated heterocycles. The van der Waals surface area contributed by atoms with Crippen molar-refractivity contribution in [3.05, 3.63) is 29.3 Å². The molecule has 0 aliphatic heterocycles. The fraction of sp³-hybridized carbons (Fsp3) is 0.364. The second-order valence-corrected chi connectivity index (χ2v) is 4.30. The highest BCUT2D eigenvalue weighted by molar-refractivity contribution is 7.80. The molecule has 1 aromatic carbocycles. The van der Waals surface area contributed by atoms with E-state index in [0.717, 1.165) is 12.1 Å². The molecular formula is C11H14F2N2S. The van der Waals surface area contributed by atoms with Gasteiger partial charge in [-0.1, -0.05) is 12.2 Å². The lowest BCUT2D eigenvalue weighted by atomic mass is 10.1. The van der Waals surface area contributed by atoms with Gasteiger partial charge in [0.15, 0.2) is 0 Å². The molecule has 0 unspecified atom stereocenters. The Morgan fingerprint density at radius 3 is 2.06 bits per heavy atom. The second kappa shape index (κ2) is 4.74. The summed E-state index contributed by atoms with van der Waals surface area (Å²) in [6.07, 6.45) is 0. The molecule has 1 rings (SSSR count). The zero-order valence-corrected chi connectivity index (χ0v) is 10.2. The highest BCUT2D eigenvalue weighted by Gasteiger charge is 2.17. The first kappa shape index (κ1) is 12.8. The molecule has 0 spiro atoms. The van der Waals surface area contributed by atoms with Crippen molar-refractivity contribution in [1.29, 1.82) is 0 Å². The first-order valence-electron chi connectivity index (χ1n) is 4.86. The summed E-state index contributed by atoms with van der Waals surface area (Å²) in [5, 5.41) is 0. The number of nitrogens with zero attached hydrogens (tertiary/aromatic N) is 1. The van der Waals surface area contributed by atoms with Gasteiger partial charge in [-0.15, -0.1) is 0 Å². The average molecular weight is 244 g/mol. The van der Waals surface area contributed by atoms with Crippen LogP contribution in [0.25, 0.3) is 0 Å². The molecule has 1 aromatic rings. The van der Waals surface area contributed by atoms with Crippen LogP contribution in [0.3, 0.4) is 0 Å². The van der Waals surface area contributed by atoms with Gasteiger partial charge in [-0.05, 0) is 26.0 Å². The van der Waals surface area contributed by atoms with E-state index < -0.39 is 11.6 Å². The van der Waals surface area contributed by atoms with E-state index in [2.05, 4.69) is 12.2 Å². The number of anilines is 1. The van der Waals surface area contributed by atoms with Crippen molar-refractivity contribution in [2.24, 2.45) is 5.73 Å². The van der Waals surface area contributed by atoms with Crippen LogP contribution in [0, 0.1) is 11.6 Å². The number of halogens is 2. The van der Waals surface area contributed by atoms with Crippen molar-refractivity contribution in [1.82, 2.24) is 0 Å². The van der Waals surface area contributed by atoms with Crippen LogP contribution in [0.2, 0.25) is 0 Å². The smallest absolute Gasteiger partial charge is 0.150 e. The predicted octanol–water partition coefficient (Wildman–Crippen LogP) is 2.44. The van der Waals surface area contributed by atoms with Crippen LogP contribution < -0.4 is 10.6 Å². The predicted molar refractivity (Wildman–Crippen MR) is 65.8 cm³/mol. The molecule has 0 radical (unpaired) electrons. The van der Waals surface area contributed by atoms with E-state index in [1.807, 2.05) is 13.8 Å². The monoisotopic (exact) mass is 244 g/mol. The second-order valence-electron chi connectivity index (χ2n) is 3.86. The van der Waals surface area contributed by atoms with Crippen LogP contribution in [-0.4, -0.2) is 18.1 Å². The quantitative estimate of drug-likeness (QED) is 0.828. The van der Waals surface area contributed by atoms with Gasteiger partial charge < -0.3 is 10.6 Å². The number of rotatable bonds is 3. The molecule has 0 saturated carbocycles. The summed E-state index contributed by atoms with van der Waals surface area (Å²) in [7, 11) is 1.63. The Morgan fingerprint density at radius 1 is 1.31 bits per heavy atom. The van der Waals surface area contributed by atoms with Crippen LogP contribution in [0.5, 0.6) is 0 Å². The Balaban J connectivity index is 3.28. The minimum Gasteiger partial charge on any atom is -0.389 e. The topological polar surface area (TPSA) is 29.3 Å². The zero-order valence-electron chi connectivity index (χ0n) is 9.42. The zero-order chi connectivity index (χ0) is 12.5. The van der Waals surface area contributed by atoms with Gasteiger partial charge in [0.1, 0.15) is 22.3 Å². The van der Waals surface area contributed by atoms with Crippen molar-refractivity contribution in [3.8, 4) is 0 Å². The molecule has 0 amide bonds. The van der Waals surface area contributed by atoms with Gasteiger partial charge in [0.2, 0.25) is 0 Å². The molecule has 0 bridgehead atoms. The van der Waals surface area contributed by atoms with Gasteiger partial charge in [-0.3, -0.25) is 0 Å². The van der Waals surface area contributed by atoms with Crippen LogP contribution >= 0.6 is 12.2 Å². The lowest BCUT2D eigenvalue weighted by Gasteiger charge is -2.25. The highest BCUT2D eigenvalue weighted by Crippen LogP contribution is 2.25. The minimum absolute atomic E-state index is 0.000298. The molecule has 0 aliphatic carbocycles. The maximum Gasteiger partial charge on any atom is 0.150 e. The highest BCUT2D eigenvalue weighted by atomic mass is 32.1. The fourth-order valence-corrected chi connectivity index (χ4v) is 1.42. The normalized spacial score (nSPS) is 10.6. The van der Waals surface area contributed by atoms with E-state index in [1.54, 1.807) is 7.05 Å². The maximum absolute atomic E-state index is 13.7. The molecule has 0 fully saturated rings. The van der Waals surface area contributed by atoms with E-state index >= 15 is 0 Å². The van der Waals surface area contributed by atoms with Crippen LogP contribution in [0.4, 0.5) is 14.5 Å². The summed E-state index contributed by atoms with van der Waals surface area (Å²) in [4.78, 5) is 1.50. The number of hydrogen-bond donors (Lipinski definition) is 1.